The molecule has 1 aliphatic heterocycles. The maximum absolute atomic E-state index is 13.0. The second-order valence-corrected chi connectivity index (χ2v) is 4.95. The first-order valence-electron chi connectivity index (χ1n) is 6.69. The van der Waals surface area contributed by atoms with Gasteiger partial charge in [0.25, 0.3) is 0 Å². The van der Waals surface area contributed by atoms with E-state index in [1.165, 1.54) is 17.0 Å². The second-order valence-electron chi connectivity index (χ2n) is 4.95. The summed E-state index contributed by atoms with van der Waals surface area (Å²) >= 11 is 0. The molecule has 21 heavy (non-hydrogen) atoms. The third kappa shape index (κ3) is 3.90. The summed E-state index contributed by atoms with van der Waals surface area (Å²) in [6, 6.07) is 1.92. The van der Waals surface area contributed by atoms with Crippen LogP contribution < -0.4 is 5.32 Å². The molecule has 7 heteroatoms. The molecule has 1 heterocycles. The Labute approximate surface area is 120 Å². The van der Waals surface area contributed by atoms with Crippen molar-refractivity contribution in [3.8, 4) is 0 Å². The topological polar surface area (TPSA) is 69.6 Å². The van der Waals surface area contributed by atoms with Crippen molar-refractivity contribution in [3.63, 3.8) is 0 Å². The average Bonchev–Trinajstić information content (AvgIpc) is 2.86. The molecule has 1 aromatic rings. The highest BCUT2D eigenvalue weighted by molar-refractivity contribution is 5.83. The normalized spacial score (nSPS) is 17.8. The molecule has 0 aliphatic carbocycles. The van der Waals surface area contributed by atoms with E-state index in [2.05, 4.69) is 5.32 Å². The summed E-state index contributed by atoms with van der Waals surface area (Å²) in [5.74, 6) is -2.35. The Morgan fingerprint density at radius 3 is 2.57 bits per heavy atom. The van der Waals surface area contributed by atoms with Crippen LogP contribution in [0.15, 0.2) is 18.2 Å². The first-order chi connectivity index (χ1) is 9.97. The lowest BCUT2D eigenvalue weighted by Gasteiger charge is -2.21. The number of carboxylic acids is 1. The monoisotopic (exact) mass is 298 g/mol. The number of carbonyl (C=O) groups excluding carboxylic acids is 1. The number of hydrogen-bond donors (Lipinski definition) is 2. The lowest BCUT2D eigenvalue weighted by atomic mass is 10.1. The summed E-state index contributed by atoms with van der Waals surface area (Å²) in [6.45, 7) is 0.585. The van der Waals surface area contributed by atoms with E-state index in [-0.39, 0.29) is 13.0 Å². The van der Waals surface area contributed by atoms with Crippen molar-refractivity contribution in [1.29, 1.82) is 0 Å². The number of nitrogens with zero attached hydrogens (tertiary/aromatic N) is 1. The van der Waals surface area contributed by atoms with Crippen LogP contribution in [0.2, 0.25) is 0 Å². The third-order valence-corrected chi connectivity index (χ3v) is 3.41. The zero-order valence-electron chi connectivity index (χ0n) is 11.3. The van der Waals surface area contributed by atoms with Gasteiger partial charge in [-0.3, -0.25) is 0 Å². The summed E-state index contributed by atoms with van der Waals surface area (Å²) in [7, 11) is 0. The molecular formula is C14H16F2N2O3. The lowest BCUT2D eigenvalue weighted by Crippen LogP contribution is -2.46. The fourth-order valence-electron chi connectivity index (χ4n) is 2.44. The number of halogens is 2. The molecule has 1 saturated heterocycles. The fourth-order valence-corrected chi connectivity index (χ4v) is 2.44. The number of likely N-dealkylation sites (tertiary alicyclic amines) is 1. The number of urea groups is 1. The quantitative estimate of drug-likeness (QED) is 0.890. The van der Waals surface area contributed by atoms with E-state index in [4.69, 9.17) is 5.11 Å². The predicted molar refractivity (Wildman–Crippen MR) is 70.8 cm³/mol. The summed E-state index contributed by atoms with van der Waals surface area (Å²) < 4.78 is 26.0. The van der Waals surface area contributed by atoms with Gasteiger partial charge in [-0.25, -0.2) is 18.4 Å². The SMILES string of the molecule is O=C(O)[C@@H]1CCCN1C(=O)NCCc1cc(F)cc(F)c1. The highest BCUT2D eigenvalue weighted by Crippen LogP contribution is 2.17. The molecule has 1 atom stereocenters. The van der Waals surface area contributed by atoms with E-state index in [1.54, 1.807) is 0 Å². The molecule has 114 valence electrons. The van der Waals surface area contributed by atoms with Crippen LogP contribution in [0.4, 0.5) is 13.6 Å². The zero-order valence-corrected chi connectivity index (χ0v) is 11.3. The molecule has 0 unspecified atom stereocenters. The Morgan fingerprint density at radius 2 is 1.95 bits per heavy atom. The maximum Gasteiger partial charge on any atom is 0.326 e. The minimum Gasteiger partial charge on any atom is -0.480 e. The van der Waals surface area contributed by atoms with Crippen LogP contribution in [0, 0.1) is 11.6 Å². The summed E-state index contributed by atoms with van der Waals surface area (Å²) in [4.78, 5) is 24.1. The van der Waals surface area contributed by atoms with Gasteiger partial charge in [-0.1, -0.05) is 0 Å². The average molecular weight is 298 g/mol. The molecule has 2 N–H and O–H groups in total. The highest BCUT2D eigenvalue weighted by atomic mass is 19.1. The van der Waals surface area contributed by atoms with Gasteiger partial charge in [-0.15, -0.1) is 0 Å². The molecule has 2 amide bonds. The van der Waals surface area contributed by atoms with Gasteiger partial charge in [-0.05, 0) is 37.0 Å². The van der Waals surface area contributed by atoms with Gasteiger partial charge in [-0.2, -0.15) is 0 Å². The van der Waals surface area contributed by atoms with Crippen LogP contribution in [0.5, 0.6) is 0 Å². The standard InChI is InChI=1S/C14H16F2N2O3/c15-10-6-9(7-11(16)8-10)3-4-17-14(21)18-5-1-2-12(18)13(19)20/h6-8,12H,1-5H2,(H,17,21)(H,19,20)/t12-/m0/s1. The van der Waals surface area contributed by atoms with E-state index < -0.39 is 29.7 Å². The van der Waals surface area contributed by atoms with Gasteiger partial charge in [0.2, 0.25) is 0 Å². The van der Waals surface area contributed by atoms with Crippen LogP contribution in [0.3, 0.4) is 0 Å². The summed E-state index contributed by atoms with van der Waals surface area (Å²) in [6.07, 6.45) is 1.36. The Kier molecular flexibility index (Phi) is 4.72. The predicted octanol–water partition coefficient (Wildman–Crippen LogP) is 1.77. The van der Waals surface area contributed by atoms with Crippen molar-refractivity contribution < 1.29 is 23.5 Å². The molecule has 0 spiro atoms. The van der Waals surface area contributed by atoms with Gasteiger partial charge >= 0.3 is 12.0 Å². The Morgan fingerprint density at radius 1 is 1.29 bits per heavy atom. The van der Waals surface area contributed by atoms with Crippen LogP contribution in [0.1, 0.15) is 18.4 Å². The van der Waals surface area contributed by atoms with Crippen LogP contribution in [-0.2, 0) is 11.2 Å². The van der Waals surface area contributed by atoms with E-state index in [0.29, 0.717) is 24.9 Å². The molecule has 0 aromatic heterocycles. The van der Waals surface area contributed by atoms with Crippen molar-refractivity contribution in [1.82, 2.24) is 10.2 Å². The molecule has 5 nitrogen and oxygen atoms in total. The van der Waals surface area contributed by atoms with Crippen molar-refractivity contribution in [2.45, 2.75) is 25.3 Å². The highest BCUT2D eigenvalue weighted by Gasteiger charge is 2.33. The van der Waals surface area contributed by atoms with Gasteiger partial charge in [0, 0.05) is 19.2 Å². The number of carboxylic acid groups (broad SMARTS) is 1. The summed E-state index contributed by atoms with van der Waals surface area (Å²) in [5.41, 5.74) is 0.434. The van der Waals surface area contributed by atoms with Gasteiger partial charge < -0.3 is 15.3 Å². The zero-order chi connectivity index (χ0) is 15.4. The molecule has 0 radical (unpaired) electrons. The lowest BCUT2D eigenvalue weighted by molar-refractivity contribution is -0.141. The third-order valence-electron chi connectivity index (χ3n) is 3.41. The summed E-state index contributed by atoms with van der Waals surface area (Å²) in [5, 5.41) is 11.6. The second kappa shape index (κ2) is 6.51. The van der Waals surface area contributed by atoms with Crippen LogP contribution in [-0.4, -0.2) is 41.1 Å². The van der Waals surface area contributed by atoms with Crippen molar-refractivity contribution >= 4 is 12.0 Å². The molecule has 1 fully saturated rings. The fraction of sp³-hybridized carbons (Fsp3) is 0.429. The minimum absolute atomic E-state index is 0.185. The number of rotatable bonds is 4. The van der Waals surface area contributed by atoms with Gasteiger partial charge in [0.1, 0.15) is 17.7 Å². The van der Waals surface area contributed by atoms with Crippen molar-refractivity contribution in [2.75, 3.05) is 13.1 Å². The minimum atomic E-state index is -1.02. The Hall–Kier alpha value is -2.18. The number of amides is 2. The van der Waals surface area contributed by atoms with E-state index in [1.807, 2.05) is 0 Å². The largest absolute Gasteiger partial charge is 0.480 e. The number of nitrogens with one attached hydrogen (secondary N) is 1. The number of benzene rings is 1. The molecule has 0 saturated carbocycles. The van der Waals surface area contributed by atoms with Crippen molar-refractivity contribution in [3.05, 3.63) is 35.4 Å². The van der Waals surface area contributed by atoms with Crippen molar-refractivity contribution in [2.24, 2.45) is 0 Å². The molecule has 0 bridgehead atoms. The Bertz CT molecular complexity index is 531. The first kappa shape index (κ1) is 15.2. The molecular weight excluding hydrogens is 282 g/mol. The van der Waals surface area contributed by atoms with E-state index >= 15 is 0 Å². The number of carbonyl (C=O) groups is 2. The van der Waals surface area contributed by atoms with Crippen LogP contribution >= 0.6 is 0 Å². The first-order valence-corrected chi connectivity index (χ1v) is 6.69. The smallest absolute Gasteiger partial charge is 0.326 e. The van der Waals surface area contributed by atoms with E-state index in [0.717, 1.165) is 6.07 Å². The van der Waals surface area contributed by atoms with Gasteiger partial charge in [0.05, 0.1) is 0 Å². The molecule has 1 aliphatic rings. The number of hydrogen-bond acceptors (Lipinski definition) is 2. The van der Waals surface area contributed by atoms with E-state index in [9.17, 15) is 18.4 Å². The maximum atomic E-state index is 13.0. The molecule has 2 rings (SSSR count). The Balaban J connectivity index is 1.85. The van der Waals surface area contributed by atoms with Crippen LogP contribution in [0.25, 0.3) is 0 Å². The molecule has 1 aromatic carbocycles. The van der Waals surface area contributed by atoms with Gasteiger partial charge in [0.15, 0.2) is 0 Å². The number of aliphatic carboxylic acids is 1.